The van der Waals surface area contributed by atoms with Crippen LogP contribution in [-0.4, -0.2) is 24.8 Å². The van der Waals surface area contributed by atoms with Crippen LogP contribution >= 0.6 is 27.7 Å². The van der Waals surface area contributed by atoms with Crippen molar-refractivity contribution in [2.75, 3.05) is 11.5 Å². The largest absolute Gasteiger partial charge is 0.224 e. The van der Waals surface area contributed by atoms with Gasteiger partial charge in [0.1, 0.15) is 5.40 Å². The van der Waals surface area contributed by atoms with Crippen molar-refractivity contribution in [3.63, 3.8) is 0 Å². The topological polar surface area (TPSA) is 57.9 Å². The predicted molar refractivity (Wildman–Crippen MR) is 52.7 cm³/mol. The van der Waals surface area contributed by atoms with Gasteiger partial charge in [-0.3, -0.25) is 0 Å². The number of halogens is 1. The fraction of sp³-hybridized carbons (Fsp3) is 0.500. The van der Waals surface area contributed by atoms with Gasteiger partial charge in [0.05, 0.1) is 10.6 Å². The van der Waals surface area contributed by atoms with Gasteiger partial charge in [-0.2, -0.15) is 5.26 Å². The van der Waals surface area contributed by atoms with Gasteiger partial charge in [-0.05, 0) is 17.3 Å². The number of hydrogen-bond acceptors (Lipinski definition) is 4. The molecule has 0 aromatic heterocycles. The summed E-state index contributed by atoms with van der Waals surface area (Å²) in [5.74, 6) is 0.583. The van der Waals surface area contributed by atoms with E-state index in [-0.39, 0.29) is 10.6 Å². The third-order valence-electron chi connectivity index (χ3n) is 1.42. The van der Waals surface area contributed by atoms with Gasteiger partial charge in [-0.1, -0.05) is 15.9 Å². The van der Waals surface area contributed by atoms with Gasteiger partial charge in [-0.15, -0.1) is 0 Å². The van der Waals surface area contributed by atoms with Gasteiger partial charge in [0.2, 0.25) is 0 Å². The zero-order valence-electron chi connectivity index (χ0n) is 6.03. The van der Waals surface area contributed by atoms with Crippen molar-refractivity contribution in [3.05, 3.63) is 11.0 Å². The first-order valence-corrected chi connectivity index (χ1v) is 6.75. The van der Waals surface area contributed by atoms with E-state index in [1.54, 1.807) is 0 Å². The molecule has 0 aromatic rings. The lowest BCUT2D eigenvalue weighted by Crippen LogP contribution is -2.06. The Morgan fingerprint density at radius 1 is 1.83 bits per heavy atom. The molecule has 66 valence electrons. The Hall–Kier alpha value is 0.01000. The molecule has 1 heterocycles. The third-order valence-corrected chi connectivity index (χ3v) is 4.82. The standard InChI is InChI=1S/C6H6BrNO2S2/c7-6-3-12(9,10)2-5(6)1-11-4-8/h2,6H,1,3H2/t6-/m0/s1. The molecule has 0 unspecified atom stereocenters. The molecular formula is C6H6BrNO2S2. The summed E-state index contributed by atoms with van der Waals surface area (Å²) in [6.45, 7) is 0. The Labute approximate surface area is 83.9 Å². The number of nitrogens with zero attached hydrogens (tertiary/aromatic N) is 1. The van der Waals surface area contributed by atoms with Gasteiger partial charge in [0.25, 0.3) is 0 Å². The second-order valence-corrected chi connectivity index (χ2v) is 6.13. The Morgan fingerprint density at radius 3 is 2.92 bits per heavy atom. The van der Waals surface area contributed by atoms with Crippen LogP contribution in [0.4, 0.5) is 0 Å². The predicted octanol–water partition coefficient (Wildman–Crippen LogP) is 1.28. The minimum atomic E-state index is -3.01. The summed E-state index contributed by atoms with van der Waals surface area (Å²) in [4.78, 5) is -0.108. The van der Waals surface area contributed by atoms with E-state index in [2.05, 4.69) is 15.9 Å². The van der Waals surface area contributed by atoms with E-state index in [1.807, 2.05) is 5.40 Å². The maximum absolute atomic E-state index is 11.0. The normalized spacial score (nSPS) is 26.3. The second kappa shape index (κ2) is 3.81. The van der Waals surface area contributed by atoms with Gasteiger partial charge in [-0.25, -0.2) is 8.42 Å². The summed E-state index contributed by atoms with van der Waals surface area (Å²) >= 11 is 4.29. The molecule has 0 bridgehead atoms. The van der Waals surface area contributed by atoms with Crippen LogP contribution in [0.1, 0.15) is 0 Å². The van der Waals surface area contributed by atoms with E-state index in [0.29, 0.717) is 5.75 Å². The number of rotatable bonds is 2. The number of sulfone groups is 1. The molecule has 0 radical (unpaired) electrons. The molecule has 0 aliphatic carbocycles. The van der Waals surface area contributed by atoms with Crippen LogP contribution in [0.25, 0.3) is 0 Å². The molecule has 0 saturated carbocycles. The molecular weight excluding hydrogens is 262 g/mol. The minimum Gasteiger partial charge on any atom is -0.224 e. The van der Waals surface area contributed by atoms with E-state index >= 15 is 0 Å². The van der Waals surface area contributed by atoms with Crippen LogP contribution in [0.15, 0.2) is 11.0 Å². The van der Waals surface area contributed by atoms with E-state index in [9.17, 15) is 8.42 Å². The molecule has 3 nitrogen and oxygen atoms in total. The van der Waals surface area contributed by atoms with Crippen LogP contribution in [0, 0.1) is 10.7 Å². The molecule has 12 heavy (non-hydrogen) atoms. The average molecular weight is 268 g/mol. The Bertz CT molecular complexity index is 341. The average Bonchev–Trinajstić information content (AvgIpc) is 2.20. The first-order chi connectivity index (χ1) is 5.55. The van der Waals surface area contributed by atoms with Gasteiger partial charge in [0, 0.05) is 11.2 Å². The van der Waals surface area contributed by atoms with Crippen molar-refractivity contribution in [2.45, 2.75) is 4.83 Å². The molecule has 1 aliphatic heterocycles. The van der Waals surface area contributed by atoms with Crippen LogP contribution in [0.2, 0.25) is 0 Å². The van der Waals surface area contributed by atoms with Crippen LogP contribution in [0.3, 0.4) is 0 Å². The SMILES string of the molecule is N#CSCC1=CS(=O)(=O)C[C@@H]1Br. The summed E-state index contributed by atoms with van der Waals surface area (Å²) in [6.07, 6.45) is 0. The van der Waals surface area contributed by atoms with Crippen LogP contribution in [0.5, 0.6) is 0 Å². The van der Waals surface area contributed by atoms with E-state index < -0.39 is 9.84 Å². The number of thioether (sulfide) groups is 1. The van der Waals surface area contributed by atoms with Crippen molar-refractivity contribution in [1.29, 1.82) is 5.26 Å². The summed E-state index contributed by atoms with van der Waals surface area (Å²) in [6, 6.07) is 0. The first kappa shape index (κ1) is 10.1. The van der Waals surface area contributed by atoms with E-state index in [1.165, 1.54) is 5.41 Å². The molecule has 1 rings (SSSR count). The highest BCUT2D eigenvalue weighted by atomic mass is 79.9. The highest BCUT2D eigenvalue weighted by molar-refractivity contribution is 9.09. The summed E-state index contributed by atoms with van der Waals surface area (Å²) in [7, 11) is -3.01. The fourth-order valence-corrected chi connectivity index (χ4v) is 4.74. The monoisotopic (exact) mass is 267 g/mol. The first-order valence-electron chi connectivity index (χ1n) is 3.13. The molecule has 6 heteroatoms. The fourth-order valence-electron chi connectivity index (χ4n) is 0.904. The highest BCUT2D eigenvalue weighted by Gasteiger charge is 2.26. The minimum absolute atomic E-state index is 0.108. The Balaban J connectivity index is 2.72. The smallest absolute Gasteiger partial charge is 0.173 e. The lowest BCUT2D eigenvalue weighted by Gasteiger charge is -2.00. The zero-order chi connectivity index (χ0) is 9.19. The molecule has 1 atom stereocenters. The number of nitriles is 1. The maximum Gasteiger partial charge on any atom is 0.173 e. The van der Waals surface area contributed by atoms with Crippen molar-refractivity contribution < 1.29 is 8.42 Å². The molecule has 0 N–H and O–H groups in total. The van der Waals surface area contributed by atoms with E-state index in [4.69, 9.17) is 5.26 Å². The number of alkyl halides is 1. The van der Waals surface area contributed by atoms with Crippen molar-refractivity contribution in [2.24, 2.45) is 0 Å². The molecule has 0 amide bonds. The van der Waals surface area contributed by atoms with Crippen molar-refractivity contribution in [3.8, 4) is 5.40 Å². The second-order valence-electron chi connectivity index (χ2n) is 2.37. The summed E-state index contributed by atoms with van der Waals surface area (Å²) in [5, 5.41) is 11.4. The van der Waals surface area contributed by atoms with Crippen LogP contribution < -0.4 is 0 Å². The molecule has 0 fully saturated rings. The lowest BCUT2D eigenvalue weighted by molar-refractivity contribution is 0.606. The lowest BCUT2D eigenvalue weighted by atomic mass is 10.3. The Morgan fingerprint density at radius 2 is 2.50 bits per heavy atom. The van der Waals surface area contributed by atoms with Crippen LogP contribution in [-0.2, 0) is 9.84 Å². The third kappa shape index (κ3) is 2.51. The Kier molecular flexibility index (Phi) is 3.21. The maximum atomic E-state index is 11.0. The number of thiocyanates is 1. The molecule has 0 saturated heterocycles. The van der Waals surface area contributed by atoms with Crippen molar-refractivity contribution in [1.82, 2.24) is 0 Å². The quantitative estimate of drug-likeness (QED) is 0.559. The number of hydrogen-bond donors (Lipinski definition) is 0. The van der Waals surface area contributed by atoms with Gasteiger partial charge < -0.3 is 0 Å². The summed E-state index contributed by atoms with van der Waals surface area (Å²) < 4.78 is 22.0. The van der Waals surface area contributed by atoms with Gasteiger partial charge >= 0.3 is 0 Å². The highest BCUT2D eigenvalue weighted by Crippen LogP contribution is 2.26. The summed E-state index contributed by atoms with van der Waals surface area (Å²) in [5.41, 5.74) is 0.779. The van der Waals surface area contributed by atoms with Gasteiger partial charge in [0.15, 0.2) is 9.84 Å². The molecule has 0 aromatic carbocycles. The molecule has 0 spiro atoms. The van der Waals surface area contributed by atoms with E-state index in [0.717, 1.165) is 17.3 Å². The van der Waals surface area contributed by atoms with Crippen molar-refractivity contribution >= 4 is 37.5 Å². The molecule has 1 aliphatic rings. The zero-order valence-corrected chi connectivity index (χ0v) is 9.25.